The van der Waals surface area contributed by atoms with Crippen molar-refractivity contribution in [3.05, 3.63) is 30.3 Å². The van der Waals surface area contributed by atoms with E-state index in [4.69, 9.17) is 0 Å². The van der Waals surface area contributed by atoms with Crippen LogP contribution in [-0.4, -0.2) is 73.5 Å². The lowest BCUT2D eigenvalue weighted by Gasteiger charge is -2.38. The monoisotopic (exact) mass is 382 g/mol. The molecule has 1 N–H and O–H groups in total. The molecule has 2 unspecified atom stereocenters. The summed E-state index contributed by atoms with van der Waals surface area (Å²) in [5, 5.41) is 3.41. The molecule has 2 atom stereocenters. The van der Waals surface area contributed by atoms with E-state index in [1.54, 1.807) is 0 Å². The maximum absolute atomic E-state index is 13.0. The Kier molecular flexibility index (Phi) is 4.63. The molecule has 3 aliphatic heterocycles. The lowest BCUT2D eigenvalue weighted by Crippen LogP contribution is -2.54. The standard InChI is InChI=1S/C22H30N4O2/c27-20(18-16-22(18)7-9-23-10-8-22)25-14-12-24(13-15-25)19-6-11-26(21(19)28)17-4-2-1-3-5-17/h1-5,18-19,23H,6-16H2. The van der Waals surface area contributed by atoms with Gasteiger partial charge in [-0.2, -0.15) is 0 Å². The van der Waals surface area contributed by atoms with Crippen molar-refractivity contribution in [1.29, 1.82) is 0 Å². The summed E-state index contributed by atoms with van der Waals surface area (Å²) in [4.78, 5) is 32.2. The minimum atomic E-state index is -0.0332. The smallest absolute Gasteiger partial charge is 0.244 e. The fraction of sp³-hybridized carbons (Fsp3) is 0.636. The summed E-state index contributed by atoms with van der Waals surface area (Å²) in [6.07, 6.45) is 4.26. The average Bonchev–Trinajstić information content (AvgIpc) is 3.29. The molecule has 4 fully saturated rings. The van der Waals surface area contributed by atoms with Crippen molar-refractivity contribution >= 4 is 17.5 Å². The molecule has 3 heterocycles. The van der Waals surface area contributed by atoms with Gasteiger partial charge in [-0.05, 0) is 56.3 Å². The van der Waals surface area contributed by atoms with E-state index in [0.29, 0.717) is 11.3 Å². The number of piperazine rings is 1. The van der Waals surface area contributed by atoms with Crippen molar-refractivity contribution < 1.29 is 9.59 Å². The minimum Gasteiger partial charge on any atom is -0.340 e. The maximum atomic E-state index is 13.0. The molecule has 6 nitrogen and oxygen atoms in total. The number of carbonyl (C=O) groups excluding carboxylic acids is 2. The van der Waals surface area contributed by atoms with Crippen LogP contribution >= 0.6 is 0 Å². The maximum Gasteiger partial charge on any atom is 0.244 e. The molecule has 2 amide bonds. The van der Waals surface area contributed by atoms with E-state index in [0.717, 1.165) is 77.2 Å². The van der Waals surface area contributed by atoms with Gasteiger partial charge in [0.15, 0.2) is 0 Å². The second-order valence-corrected chi connectivity index (χ2v) is 8.86. The molecule has 5 rings (SSSR count). The van der Waals surface area contributed by atoms with Crippen molar-refractivity contribution in [3.63, 3.8) is 0 Å². The van der Waals surface area contributed by atoms with Gasteiger partial charge in [0.2, 0.25) is 11.8 Å². The van der Waals surface area contributed by atoms with E-state index in [1.165, 1.54) is 0 Å². The summed E-state index contributed by atoms with van der Waals surface area (Å²) in [5.41, 5.74) is 1.29. The Labute approximate surface area is 166 Å². The average molecular weight is 383 g/mol. The zero-order valence-electron chi connectivity index (χ0n) is 16.5. The van der Waals surface area contributed by atoms with Gasteiger partial charge in [0.25, 0.3) is 0 Å². The molecular weight excluding hydrogens is 352 g/mol. The Morgan fingerprint density at radius 1 is 1.00 bits per heavy atom. The van der Waals surface area contributed by atoms with Gasteiger partial charge in [-0.1, -0.05) is 18.2 Å². The van der Waals surface area contributed by atoms with Gasteiger partial charge >= 0.3 is 0 Å². The number of amides is 2. The van der Waals surface area contributed by atoms with Crippen LogP contribution in [-0.2, 0) is 9.59 Å². The van der Waals surface area contributed by atoms with Gasteiger partial charge in [-0.3, -0.25) is 14.5 Å². The summed E-state index contributed by atoms with van der Waals surface area (Å²) in [6, 6.07) is 9.91. The molecule has 0 radical (unpaired) electrons. The van der Waals surface area contributed by atoms with Gasteiger partial charge in [0, 0.05) is 44.3 Å². The third-order valence-corrected chi connectivity index (χ3v) is 7.40. The number of hydrogen-bond acceptors (Lipinski definition) is 4. The number of hydrogen-bond donors (Lipinski definition) is 1. The fourth-order valence-corrected chi connectivity index (χ4v) is 5.52. The van der Waals surface area contributed by atoms with E-state index in [2.05, 4.69) is 15.1 Å². The molecule has 4 aliphatic rings. The lowest BCUT2D eigenvalue weighted by atomic mass is 9.91. The Bertz CT molecular complexity index is 738. The van der Waals surface area contributed by atoms with Crippen molar-refractivity contribution in [2.75, 3.05) is 50.7 Å². The number of nitrogens with zero attached hydrogens (tertiary/aromatic N) is 3. The first-order valence-electron chi connectivity index (χ1n) is 10.8. The van der Waals surface area contributed by atoms with Crippen LogP contribution in [0.3, 0.4) is 0 Å². The Morgan fingerprint density at radius 3 is 2.43 bits per heavy atom. The molecule has 1 aliphatic carbocycles. The third-order valence-electron chi connectivity index (χ3n) is 7.40. The molecule has 28 heavy (non-hydrogen) atoms. The molecule has 0 aromatic heterocycles. The first kappa shape index (κ1) is 18.1. The molecule has 1 saturated carbocycles. The van der Waals surface area contributed by atoms with Gasteiger partial charge in [-0.15, -0.1) is 0 Å². The van der Waals surface area contributed by atoms with Crippen LogP contribution in [0.15, 0.2) is 30.3 Å². The van der Waals surface area contributed by atoms with Crippen molar-refractivity contribution in [3.8, 4) is 0 Å². The summed E-state index contributed by atoms with van der Waals surface area (Å²) in [6.45, 7) is 6.04. The Hall–Kier alpha value is -1.92. The predicted molar refractivity (Wildman–Crippen MR) is 108 cm³/mol. The molecule has 150 valence electrons. The third kappa shape index (κ3) is 3.12. The number of anilines is 1. The Morgan fingerprint density at radius 2 is 1.71 bits per heavy atom. The van der Waals surface area contributed by atoms with E-state index in [9.17, 15) is 9.59 Å². The van der Waals surface area contributed by atoms with Crippen LogP contribution in [0.25, 0.3) is 0 Å². The second-order valence-electron chi connectivity index (χ2n) is 8.86. The summed E-state index contributed by atoms with van der Waals surface area (Å²) in [7, 11) is 0. The first-order valence-corrected chi connectivity index (χ1v) is 10.8. The number of piperidine rings is 1. The normalized spacial score (nSPS) is 30.1. The van der Waals surface area contributed by atoms with Gasteiger partial charge in [-0.25, -0.2) is 0 Å². The summed E-state index contributed by atoms with van der Waals surface area (Å²) < 4.78 is 0. The van der Waals surface area contributed by atoms with Gasteiger partial charge < -0.3 is 15.1 Å². The highest BCUT2D eigenvalue weighted by atomic mass is 16.2. The van der Waals surface area contributed by atoms with Crippen LogP contribution in [0.4, 0.5) is 5.69 Å². The summed E-state index contributed by atoms with van der Waals surface area (Å²) >= 11 is 0. The van der Waals surface area contributed by atoms with Gasteiger partial charge in [0.1, 0.15) is 0 Å². The van der Waals surface area contributed by atoms with E-state index >= 15 is 0 Å². The quantitative estimate of drug-likeness (QED) is 0.857. The lowest BCUT2D eigenvalue weighted by molar-refractivity contribution is -0.136. The van der Waals surface area contributed by atoms with Crippen LogP contribution < -0.4 is 10.2 Å². The number of rotatable bonds is 3. The van der Waals surface area contributed by atoms with E-state index < -0.39 is 0 Å². The minimum absolute atomic E-state index is 0.0332. The molecule has 6 heteroatoms. The van der Waals surface area contributed by atoms with Crippen LogP contribution in [0, 0.1) is 11.3 Å². The van der Waals surface area contributed by atoms with Crippen molar-refractivity contribution in [2.45, 2.75) is 31.7 Å². The van der Waals surface area contributed by atoms with Crippen LogP contribution in [0.2, 0.25) is 0 Å². The van der Waals surface area contributed by atoms with Crippen LogP contribution in [0.1, 0.15) is 25.7 Å². The van der Waals surface area contributed by atoms with E-state index in [1.807, 2.05) is 35.2 Å². The zero-order chi connectivity index (χ0) is 19.1. The highest BCUT2D eigenvalue weighted by Gasteiger charge is 2.58. The summed E-state index contributed by atoms with van der Waals surface area (Å²) in [5.74, 6) is 0.829. The first-order chi connectivity index (χ1) is 13.7. The SMILES string of the molecule is O=C(C1CC12CCNCC2)N1CCN(C2CCN(c3ccccc3)C2=O)CC1. The molecule has 1 spiro atoms. The van der Waals surface area contributed by atoms with E-state index in [-0.39, 0.29) is 17.9 Å². The molecular formula is C22H30N4O2. The molecule has 3 saturated heterocycles. The topological polar surface area (TPSA) is 55.9 Å². The molecule has 0 bridgehead atoms. The number of nitrogens with one attached hydrogen (secondary N) is 1. The predicted octanol–water partition coefficient (Wildman–Crippen LogP) is 1.33. The van der Waals surface area contributed by atoms with Gasteiger partial charge in [0.05, 0.1) is 6.04 Å². The number of benzene rings is 1. The number of para-hydroxylation sites is 1. The largest absolute Gasteiger partial charge is 0.340 e. The zero-order valence-corrected chi connectivity index (χ0v) is 16.5. The number of carbonyl (C=O) groups is 2. The van der Waals surface area contributed by atoms with Crippen molar-refractivity contribution in [1.82, 2.24) is 15.1 Å². The molecule has 1 aromatic carbocycles. The highest BCUT2D eigenvalue weighted by molar-refractivity contribution is 5.99. The second kappa shape index (κ2) is 7.16. The van der Waals surface area contributed by atoms with Crippen molar-refractivity contribution in [2.24, 2.45) is 11.3 Å². The highest BCUT2D eigenvalue weighted by Crippen LogP contribution is 2.59. The fourth-order valence-electron chi connectivity index (χ4n) is 5.52. The Balaban J connectivity index is 1.16. The molecule has 1 aromatic rings. The van der Waals surface area contributed by atoms with Crippen LogP contribution in [0.5, 0.6) is 0 Å².